The minimum Gasteiger partial charge on any atom is -0.477 e. The number of amides is 1. The SMILES string of the molecule is Cc1cc(-n2cccc(C(=O)O)c2=O)nn1C.Cc1cc(-n2cccc(NC(=O)OC(C)(C)C)c2=O)nn1C. The number of ether oxygens (including phenoxy) is 1. The first-order valence-electron chi connectivity index (χ1n) is 11.9. The molecule has 1 amide bonds. The normalized spacial score (nSPS) is 10.9. The van der Waals surface area contributed by atoms with Crippen LogP contribution in [-0.2, 0) is 18.8 Å². The van der Waals surface area contributed by atoms with E-state index < -0.39 is 23.2 Å². The highest BCUT2D eigenvalue weighted by atomic mass is 16.6. The van der Waals surface area contributed by atoms with E-state index in [2.05, 4.69) is 15.5 Å². The average molecular weight is 538 g/mol. The lowest BCUT2D eigenvalue weighted by Gasteiger charge is -2.19. The number of hydrogen-bond donors (Lipinski definition) is 2. The molecule has 0 spiro atoms. The van der Waals surface area contributed by atoms with Gasteiger partial charge in [-0.2, -0.15) is 10.2 Å². The Morgan fingerprint density at radius 3 is 1.79 bits per heavy atom. The molecule has 4 aromatic heterocycles. The van der Waals surface area contributed by atoms with Crippen molar-refractivity contribution < 1.29 is 19.4 Å². The van der Waals surface area contributed by atoms with Crippen LogP contribution in [0.2, 0.25) is 0 Å². The topological polar surface area (TPSA) is 155 Å². The quantitative estimate of drug-likeness (QED) is 0.403. The molecule has 0 unspecified atom stereocenters. The fourth-order valence-corrected chi connectivity index (χ4v) is 3.34. The number of nitrogens with one attached hydrogen (secondary N) is 1. The van der Waals surface area contributed by atoms with Crippen molar-refractivity contribution in [1.29, 1.82) is 0 Å². The average Bonchev–Trinajstić information content (AvgIpc) is 3.34. The number of carboxylic acids is 1. The predicted molar refractivity (Wildman–Crippen MR) is 144 cm³/mol. The van der Waals surface area contributed by atoms with Crippen LogP contribution >= 0.6 is 0 Å². The number of rotatable bonds is 4. The maximum atomic E-state index is 12.4. The van der Waals surface area contributed by atoms with Gasteiger partial charge in [0.1, 0.15) is 16.9 Å². The fraction of sp³-hybridized carbons (Fsp3) is 0.308. The molecule has 13 heteroatoms. The van der Waals surface area contributed by atoms with Gasteiger partial charge in [0, 0.05) is 50.0 Å². The van der Waals surface area contributed by atoms with Crippen molar-refractivity contribution in [2.24, 2.45) is 14.1 Å². The summed E-state index contributed by atoms with van der Waals surface area (Å²) in [4.78, 5) is 46.9. The Kier molecular flexibility index (Phi) is 8.23. The van der Waals surface area contributed by atoms with E-state index >= 15 is 0 Å². The van der Waals surface area contributed by atoms with Gasteiger partial charge in [-0.15, -0.1) is 0 Å². The van der Waals surface area contributed by atoms with E-state index in [0.717, 1.165) is 11.4 Å². The molecule has 0 aromatic carbocycles. The van der Waals surface area contributed by atoms with E-state index in [4.69, 9.17) is 9.84 Å². The second-order valence-electron chi connectivity index (χ2n) is 9.66. The molecule has 0 aliphatic carbocycles. The number of nitrogens with zero attached hydrogens (tertiary/aromatic N) is 6. The lowest BCUT2D eigenvalue weighted by molar-refractivity contribution is 0.0633. The van der Waals surface area contributed by atoms with Crippen LogP contribution in [0.15, 0.2) is 58.4 Å². The van der Waals surface area contributed by atoms with Crippen molar-refractivity contribution in [3.05, 3.63) is 86.5 Å². The van der Waals surface area contributed by atoms with Gasteiger partial charge in [0.15, 0.2) is 11.6 Å². The summed E-state index contributed by atoms with van der Waals surface area (Å²) in [6, 6.07) is 9.48. The van der Waals surface area contributed by atoms with Gasteiger partial charge in [-0.05, 0) is 58.9 Å². The van der Waals surface area contributed by atoms with E-state index in [1.54, 1.807) is 68.6 Å². The molecule has 4 heterocycles. The molecular formula is C26H31N7O6. The Balaban J connectivity index is 0.000000223. The highest BCUT2D eigenvalue weighted by Crippen LogP contribution is 2.11. The molecule has 13 nitrogen and oxygen atoms in total. The Morgan fingerprint density at radius 2 is 1.36 bits per heavy atom. The number of carbonyl (C=O) groups is 2. The summed E-state index contributed by atoms with van der Waals surface area (Å²) < 4.78 is 11.0. The lowest BCUT2D eigenvalue weighted by Crippen LogP contribution is -2.30. The third-order valence-electron chi connectivity index (χ3n) is 5.46. The standard InChI is InChI=1S/C15H20N4O3.C11H11N3O3/c1-10-9-12(17-18(10)5)19-8-6-7-11(13(19)20)16-14(21)22-15(2,3)4;1-7-6-9(12-13(7)2)14-5-3-4-8(10(14)15)11(16)17/h6-9H,1-5H3,(H,16,21);3-6H,1-2H3,(H,16,17). The molecule has 0 aliphatic heterocycles. The first-order chi connectivity index (χ1) is 18.2. The molecule has 0 atom stereocenters. The molecule has 0 aliphatic rings. The number of hydrogen-bond acceptors (Lipinski definition) is 7. The third-order valence-corrected chi connectivity index (χ3v) is 5.46. The molecule has 206 valence electrons. The largest absolute Gasteiger partial charge is 0.477 e. The molecule has 0 fully saturated rings. The van der Waals surface area contributed by atoms with Crippen molar-refractivity contribution in [3.8, 4) is 11.6 Å². The van der Waals surface area contributed by atoms with Gasteiger partial charge in [-0.25, -0.2) is 9.59 Å². The second-order valence-corrected chi connectivity index (χ2v) is 9.66. The number of aryl methyl sites for hydroxylation is 4. The highest BCUT2D eigenvalue weighted by molar-refractivity contribution is 5.87. The minimum atomic E-state index is -1.24. The summed E-state index contributed by atoms with van der Waals surface area (Å²) in [5, 5.41) is 19.7. The molecule has 4 aromatic rings. The van der Waals surface area contributed by atoms with Crippen molar-refractivity contribution in [1.82, 2.24) is 28.7 Å². The molecule has 0 saturated carbocycles. The zero-order valence-electron chi connectivity index (χ0n) is 22.8. The summed E-state index contributed by atoms with van der Waals surface area (Å²) in [5.41, 5.74) is 0.0937. The van der Waals surface area contributed by atoms with Gasteiger partial charge in [0.2, 0.25) is 0 Å². The summed E-state index contributed by atoms with van der Waals surface area (Å²) in [6.07, 6.45) is 2.43. The zero-order chi connectivity index (χ0) is 29.1. The summed E-state index contributed by atoms with van der Waals surface area (Å²) in [6.45, 7) is 9.01. The Bertz CT molecular complexity index is 1600. The van der Waals surface area contributed by atoms with Crippen molar-refractivity contribution in [3.63, 3.8) is 0 Å². The van der Waals surface area contributed by atoms with Crippen LogP contribution in [0.1, 0.15) is 42.5 Å². The van der Waals surface area contributed by atoms with Crippen LogP contribution in [0, 0.1) is 13.8 Å². The molecule has 0 radical (unpaired) electrons. The van der Waals surface area contributed by atoms with Gasteiger partial charge in [0.25, 0.3) is 11.1 Å². The summed E-state index contributed by atoms with van der Waals surface area (Å²) in [5.74, 6) is -0.326. The van der Waals surface area contributed by atoms with Gasteiger partial charge in [-0.3, -0.25) is 33.4 Å². The van der Waals surface area contributed by atoms with Gasteiger partial charge >= 0.3 is 12.1 Å². The van der Waals surface area contributed by atoms with Crippen LogP contribution in [0.25, 0.3) is 11.6 Å². The maximum Gasteiger partial charge on any atom is 0.412 e. The predicted octanol–water partition coefficient (Wildman–Crippen LogP) is 2.80. The number of anilines is 1. The van der Waals surface area contributed by atoms with E-state index in [9.17, 15) is 19.2 Å². The van der Waals surface area contributed by atoms with Gasteiger partial charge in [-0.1, -0.05) is 0 Å². The van der Waals surface area contributed by atoms with E-state index in [1.807, 2.05) is 13.8 Å². The second kappa shape index (κ2) is 11.2. The van der Waals surface area contributed by atoms with Crippen molar-refractivity contribution in [2.75, 3.05) is 5.32 Å². The van der Waals surface area contributed by atoms with Crippen LogP contribution in [-0.4, -0.2) is 51.5 Å². The fourth-order valence-electron chi connectivity index (χ4n) is 3.34. The first kappa shape index (κ1) is 28.6. The number of carboxylic acid groups (broad SMARTS) is 1. The number of aromatic carboxylic acids is 1. The number of aromatic nitrogens is 6. The van der Waals surface area contributed by atoms with E-state index in [-0.39, 0.29) is 16.8 Å². The molecule has 2 N–H and O–H groups in total. The smallest absolute Gasteiger partial charge is 0.412 e. The summed E-state index contributed by atoms with van der Waals surface area (Å²) in [7, 11) is 3.55. The highest BCUT2D eigenvalue weighted by Gasteiger charge is 2.18. The van der Waals surface area contributed by atoms with Gasteiger partial charge in [0.05, 0.1) is 0 Å². The zero-order valence-corrected chi connectivity index (χ0v) is 22.8. The maximum absolute atomic E-state index is 12.4. The number of carbonyl (C=O) groups excluding carboxylic acids is 1. The summed E-state index contributed by atoms with van der Waals surface area (Å²) >= 11 is 0. The Hall–Kier alpha value is -4.94. The lowest BCUT2D eigenvalue weighted by atomic mass is 10.2. The minimum absolute atomic E-state index is 0.139. The van der Waals surface area contributed by atoms with Crippen molar-refractivity contribution >= 4 is 17.7 Å². The van der Waals surface area contributed by atoms with E-state index in [1.165, 1.54) is 33.5 Å². The van der Waals surface area contributed by atoms with Crippen LogP contribution in [0.3, 0.4) is 0 Å². The molecule has 0 saturated heterocycles. The van der Waals surface area contributed by atoms with Crippen LogP contribution in [0.4, 0.5) is 10.5 Å². The van der Waals surface area contributed by atoms with Crippen LogP contribution in [0.5, 0.6) is 0 Å². The molecule has 0 bridgehead atoms. The Labute approximate surface area is 223 Å². The molecule has 4 rings (SSSR count). The van der Waals surface area contributed by atoms with Crippen molar-refractivity contribution in [2.45, 2.75) is 40.2 Å². The third kappa shape index (κ3) is 6.89. The Morgan fingerprint density at radius 1 is 0.872 bits per heavy atom. The van der Waals surface area contributed by atoms with E-state index in [0.29, 0.717) is 11.6 Å². The number of pyridine rings is 2. The first-order valence-corrected chi connectivity index (χ1v) is 11.9. The van der Waals surface area contributed by atoms with Crippen LogP contribution < -0.4 is 16.4 Å². The monoisotopic (exact) mass is 537 g/mol. The molecular weight excluding hydrogens is 506 g/mol. The van der Waals surface area contributed by atoms with Gasteiger partial charge < -0.3 is 9.84 Å². The molecule has 39 heavy (non-hydrogen) atoms.